The van der Waals surface area contributed by atoms with Crippen LogP contribution in [0.5, 0.6) is 0 Å². The molecule has 0 bridgehead atoms. The van der Waals surface area contributed by atoms with Crippen LogP contribution in [0, 0.1) is 0 Å². The molecule has 76 valence electrons. The Bertz CT molecular complexity index is 166. The molecule has 0 amide bonds. The van der Waals surface area contributed by atoms with Gasteiger partial charge in [-0.1, -0.05) is 0 Å². The number of rotatable bonds is 1. The van der Waals surface area contributed by atoms with Crippen molar-refractivity contribution >= 4 is 0 Å². The molecule has 2 heterocycles. The Hall–Kier alpha value is -0.120. The molecular weight excluding hydrogens is 162 g/mol. The number of nitrogens with one attached hydrogen (secondary N) is 1. The van der Waals surface area contributed by atoms with Crippen LogP contribution < -0.4 is 5.32 Å². The molecule has 1 N–H and O–H groups in total. The van der Waals surface area contributed by atoms with Crippen molar-refractivity contribution in [3.63, 3.8) is 0 Å². The van der Waals surface area contributed by atoms with Crippen LogP contribution in [0.3, 0.4) is 0 Å². The molecule has 3 heteroatoms. The molecule has 2 aliphatic rings. The van der Waals surface area contributed by atoms with Gasteiger partial charge >= 0.3 is 0 Å². The van der Waals surface area contributed by atoms with Crippen LogP contribution in [0.15, 0.2) is 0 Å². The molecular formula is C10H21N3. The molecule has 3 nitrogen and oxygen atoms in total. The molecule has 2 rings (SSSR count). The fraction of sp³-hybridized carbons (Fsp3) is 1.00. The number of hydrogen-bond acceptors (Lipinski definition) is 3. The number of piperazine rings is 1. The van der Waals surface area contributed by atoms with Crippen LogP contribution in [-0.2, 0) is 0 Å². The van der Waals surface area contributed by atoms with E-state index in [1.54, 1.807) is 0 Å². The molecule has 0 aromatic carbocycles. The monoisotopic (exact) mass is 183 g/mol. The molecule has 0 aromatic heterocycles. The highest BCUT2D eigenvalue weighted by Gasteiger charge is 2.27. The van der Waals surface area contributed by atoms with Crippen LogP contribution in [0.25, 0.3) is 0 Å². The van der Waals surface area contributed by atoms with E-state index < -0.39 is 0 Å². The van der Waals surface area contributed by atoms with Crippen molar-refractivity contribution in [1.29, 1.82) is 0 Å². The van der Waals surface area contributed by atoms with Gasteiger partial charge < -0.3 is 10.2 Å². The first-order chi connectivity index (χ1) is 6.27. The lowest BCUT2D eigenvalue weighted by atomic mass is 10.1. The minimum absolute atomic E-state index is 0.731. The Morgan fingerprint density at radius 3 is 2.77 bits per heavy atom. The van der Waals surface area contributed by atoms with Crippen LogP contribution in [0.2, 0.25) is 0 Å². The second-order valence-electron chi connectivity index (χ2n) is 4.47. The van der Waals surface area contributed by atoms with Crippen LogP contribution in [-0.4, -0.2) is 61.7 Å². The topological polar surface area (TPSA) is 18.5 Å². The van der Waals surface area contributed by atoms with Gasteiger partial charge in [0.25, 0.3) is 0 Å². The van der Waals surface area contributed by atoms with Crippen molar-refractivity contribution in [3.8, 4) is 0 Å². The third kappa shape index (κ3) is 2.03. The Balaban J connectivity index is 1.87. The van der Waals surface area contributed by atoms with E-state index in [4.69, 9.17) is 0 Å². The van der Waals surface area contributed by atoms with Gasteiger partial charge in [-0.05, 0) is 26.9 Å². The van der Waals surface area contributed by atoms with E-state index in [9.17, 15) is 0 Å². The van der Waals surface area contributed by atoms with E-state index in [0.717, 1.165) is 12.1 Å². The maximum Gasteiger partial charge on any atom is 0.0233 e. The summed E-state index contributed by atoms with van der Waals surface area (Å²) in [5.41, 5.74) is 0. The van der Waals surface area contributed by atoms with Crippen molar-refractivity contribution in [3.05, 3.63) is 0 Å². The molecule has 2 aliphatic heterocycles. The van der Waals surface area contributed by atoms with Crippen molar-refractivity contribution in [2.24, 2.45) is 0 Å². The first kappa shape index (κ1) is 9.44. The summed E-state index contributed by atoms with van der Waals surface area (Å²) in [6, 6.07) is 1.55. The molecule has 2 fully saturated rings. The average molecular weight is 183 g/mol. The molecule has 2 atom stereocenters. The standard InChI is InChI=1S/C10H21N3/c1-9-8-13(6-5-12(9)2)10-3-4-11-7-10/h9-11H,3-8H2,1-2H3/t9?,10-/m0/s1. The number of likely N-dealkylation sites (N-methyl/N-ethyl adjacent to an activating group) is 1. The fourth-order valence-electron chi connectivity index (χ4n) is 2.36. The largest absolute Gasteiger partial charge is 0.315 e. The van der Waals surface area contributed by atoms with Crippen molar-refractivity contribution in [2.45, 2.75) is 25.4 Å². The number of hydrogen-bond donors (Lipinski definition) is 1. The second kappa shape index (κ2) is 3.95. The van der Waals surface area contributed by atoms with Gasteiger partial charge in [0.1, 0.15) is 0 Å². The predicted octanol–water partition coefficient (Wildman–Crippen LogP) is -0.0158. The minimum Gasteiger partial charge on any atom is -0.315 e. The van der Waals surface area contributed by atoms with E-state index in [-0.39, 0.29) is 0 Å². The smallest absolute Gasteiger partial charge is 0.0233 e. The zero-order chi connectivity index (χ0) is 9.26. The minimum atomic E-state index is 0.731. The Morgan fingerprint density at radius 2 is 2.15 bits per heavy atom. The highest BCUT2D eigenvalue weighted by atomic mass is 15.3. The van der Waals surface area contributed by atoms with Gasteiger partial charge in [-0.15, -0.1) is 0 Å². The number of nitrogens with zero attached hydrogens (tertiary/aromatic N) is 2. The summed E-state index contributed by atoms with van der Waals surface area (Å²) in [6.07, 6.45) is 1.34. The van der Waals surface area contributed by atoms with Crippen LogP contribution in [0.1, 0.15) is 13.3 Å². The third-order valence-corrected chi connectivity index (χ3v) is 3.54. The summed E-state index contributed by atoms with van der Waals surface area (Å²) in [5.74, 6) is 0. The van der Waals surface area contributed by atoms with E-state index in [1.165, 1.54) is 39.1 Å². The SMILES string of the molecule is CC1CN([C@H]2CCNC2)CCN1C. The lowest BCUT2D eigenvalue weighted by Crippen LogP contribution is -2.53. The summed E-state index contributed by atoms with van der Waals surface area (Å²) in [4.78, 5) is 5.11. The summed E-state index contributed by atoms with van der Waals surface area (Å²) >= 11 is 0. The predicted molar refractivity (Wildman–Crippen MR) is 54.9 cm³/mol. The highest BCUT2D eigenvalue weighted by Crippen LogP contribution is 2.14. The highest BCUT2D eigenvalue weighted by molar-refractivity contribution is 4.86. The lowest BCUT2D eigenvalue weighted by molar-refractivity contribution is 0.0779. The summed E-state index contributed by atoms with van der Waals surface area (Å²) < 4.78 is 0. The van der Waals surface area contributed by atoms with Crippen LogP contribution >= 0.6 is 0 Å². The van der Waals surface area contributed by atoms with Gasteiger partial charge in [0.05, 0.1) is 0 Å². The van der Waals surface area contributed by atoms with E-state index in [0.29, 0.717) is 0 Å². The molecule has 0 aliphatic carbocycles. The first-order valence-electron chi connectivity index (χ1n) is 5.42. The van der Waals surface area contributed by atoms with Crippen molar-refractivity contribution < 1.29 is 0 Å². The zero-order valence-corrected chi connectivity index (χ0v) is 8.79. The van der Waals surface area contributed by atoms with Crippen molar-refractivity contribution in [2.75, 3.05) is 39.8 Å². The normalized spacial score (nSPS) is 38.3. The summed E-state index contributed by atoms with van der Waals surface area (Å²) in [7, 11) is 2.23. The quantitative estimate of drug-likeness (QED) is 0.616. The van der Waals surface area contributed by atoms with E-state index in [1.807, 2.05) is 0 Å². The molecule has 0 spiro atoms. The van der Waals surface area contributed by atoms with Crippen LogP contribution in [0.4, 0.5) is 0 Å². The molecule has 0 saturated carbocycles. The first-order valence-corrected chi connectivity index (χ1v) is 5.42. The maximum absolute atomic E-state index is 3.44. The third-order valence-electron chi connectivity index (χ3n) is 3.54. The Labute approximate surface area is 81.1 Å². The molecule has 0 aromatic rings. The maximum atomic E-state index is 3.44. The van der Waals surface area contributed by atoms with Crippen molar-refractivity contribution in [1.82, 2.24) is 15.1 Å². The zero-order valence-electron chi connectivity index (χ0n) is 8.79. The molecule has 2 saturated heterocycles. The van der Waals surface area contributed by atoms with E-state index >= 15 is 0 Å². The van der Waals surface area contributed by atoms with Gasteiger partial charge in [0, 0.05) is 38.3 Å². The average Bonchev–Trinajstić information content (AvgIpc) is 2.62. The van der Waals surface area contributed by atoms with Gasteiger partial charge in [0.15, 0.2) is 0 Å². The Kier molecular flexibility index (Phi) is 2.86. The molecule has 0 radical (unpaired) electrons. The second-order valence-corrected chi connectivity index (χ2v) is 4.47. The van der Waals surface area contributed by atoms with Gasteiger partial charge in [-0.25, -0.2) is 0 Å². The van der Waals surface area contributed by atoms with E-state index in [2.05, 4.69) is 29.1 Å². The molecule has 13 heavy (non-hydrogen) atoms. The fourth-order valence-corrected chi connectivity index (χ4v) is 2.36. The Morgan fingerprint density at radius 1 is 1.31 bits per heavy atom. The van der Waals surface area contributed by atoms with Gasteiger partial charge in [-0.3, -0.25) is 4.90 Å². The van der Waals surface area contributed by atoms with Gasteiger partial charge in [-0.2, -0.15) is 0 Å². The molecule has 1 unspecified atom stereocenters. The summed E-state index contributed by atoms with van der Waals surface area (Å²) in [6.45, 7) is 8.49. The lowest BCUT2D eigenvalue weighted by Gasteiger charge is -2.40. The summed E-state index contributed by atoms with van der Waals surface area (Å²) in [5, 5.41) is 3.44. The van der Waals surface area contributed by atoms with Gasteiger partial charge in [0.2, 0.25) is 0 Å².